The van der Waals surface area contributed by atoms with Gasteiger partial charge in [0.05, 0.1) is 20.8 Å². The first-order chi connectivity index (χ1) is 7.59. The van der Waals surface area contributed by atoms with Crippen molar-refractivity contribution in [3.05, 3.63) is 51.5 Å². The molecule has 0 unspecified atom stereocenters. The molecule has 0 spiro atoms. The zero-order chi connectivity index (χ0) is 11.7. The van der Waals surface area contributed by atoms with E-state index in [1.54, 1.807) is 18.2 Å². The highest BCUT2D eigenvalue weighted by molar-refractivity contribution is 6.42. The summed E-state index contributed by atoms with van der Waals surface area (Å²) in [6, 6.07) is 10.8. The fourth-order valence-electron chi connectivity index (χ4n) is 1.45. The molecule has 0 saturated carbocycles. The summed E-state index contributed by atoms with van der Waals surface area (Å²) in [6.07, 6.45) is 0. The normalized spacial score (nSPS) is 10.4. The van der Waals surface area contributed by atoms with E-state index in [1.807, 2.05) is 18.2 Å². The van der Waals surface area contributed by atoms with Crippen LogP contribution >= 0.6 is 34.8 Å². The van der Waals surface area contributed by atoms with Gasteiger partial charge in [0, 0.05) is 5.56 Å². The Kier molecular flexibility index (Phi) is 3.29. The lowest BCUT2D eigenvalue weighted by Crippen LogP contribution is -1.91. The molecule has 2 aromatic carbocycles. The number of nitrogen functional groups attached to an aromatic ring is 1. The fraction of sp³-hybridized carbons (Fsp3) is 0. The summed E-state index contributed by atoms with van der Waals surface area (Å²) >= 11 is 17.8. The molecule has 0 bridgehead atoms. The second-order valence-electron chi connectivity index (χ2n) is 3.33. The van der Waals surface area contributed by atoms with Gasteiger partial charge in [-0.25, -0.2) is 0 Å². The van der Waals surface area contributed by atoms with Gasteiger partial charge in [0.1, 0.15) is 0 Å². The highest BCUT2D eigenvalue weighted by Crippen LogP contribution is 2.34. The first-order valence-electron chi connectivity index (χ1n) is 4.59. The van der Waals surface area contributed by atoms with Gasteiger partial charge in [0.2, 0.25) is 0 Å². The lowest BCUT2D eigenvalue weighted by molar-refractivity contribution is 1.61. The van der Waals surface area contributed by atoms with Crippen molar-refractivity contribution in [2.75, 3.05) is 5.73 Å². The van der Waals surface area contributed by atoms with Crippen molar-refractivity contribution in [2.45, 2.75) is 0 Å². The lowest BCUT2D eigenvalue weighted by atomic mass is 10.0. The fourth-order valence-corrected chi connectivity index (χ4v) is 1.93. The molecule has 1 nitrogen and oxygen atoms in total. The minimum absolute atomic E-state index is 0.499. The molecular formula is C12H8Cl3N. The van der Waals surface area contributed by atoms with Crippen LogP contribution in [0.5, 0.6) is 0 Å². The Bertz CT molecular complexity index is 538. The Labute approximate surface area is 109 Å². The number of para-hydroxylation sites is 1. The largest absolute Gasteiger partial charge is 0.397 e. The minimum atomic E-state index is 0.499. The summed E-state index contributed by atoms with van der Waals surface area (Å²) in [5.74, 6) is 0. The number of hydrogen-bond donors (Lipinski definition) is 1. The van der Waals surface area contributed by atoms with E-state index in [9.17, 15) is 0 Å². The van der Waals surface area contributed by atoms with E-state index in [-0.39, 0.29) is 0 Å². The molecule has 0 aromatic heterocycles. The molecule has 0 radical (unpaired) electrons. The molecule has 2 N–H and O–H groups in total. The maximum atomic E-state index is 5.95. The van der Waals surface area contributed by atoms with Crippen LogP contribution in [0.3, 0.4) is 0 Å². The molecular weight excluding hydrogens is 264 g/mol. The van der Waals surface area contributed by atoms with Crippen molar-refractivity contribution in [2.24, 2.45) is 0 Å². The second kappa shape index (κ2) is 4.54. The summed E-state index contributed by atoms with van der Waals surface area (Å²) in [6.45, 7) is 0. The highest BCUT2D eigenvalue weighted by Gasteiger charge is 2.07. The Morgan fingerprint density at radius 2 is 1.56 bits per heavy atom. The van der Waals surface area contributed by atoms with Crippen LogP contribution in [0, 0.1) is 0 Å². The van der Waals surface area contributed by atoms with Crippen molar-refractivity contribution in [3.8, 4) is 11.1 Å². The van der Waals surface area contributed by atoms with E-state index < -0.39 is 0 Å². The van der Waals surface area contributed by atoms with Crippen molar-refractivity contribution < 1.29 is 0 Å². The second-order valence-corrected chi connectivity index (χ2v) is 4.55. The predicted molar refractivity (Wildman–Crippen MR) is 71.3 cm³/mol. The third-order valence-electron chi connectivity index (χ3n) is 2.28. The summed E-state index contributed by atoms with van der Waals surface area (Å²) in [4.78, 5) is 0. The molecule has 0 heterocycles. The standard InChI is InChI=1S/C12H8Cl3N/c13-9-5-4-7(6-11(9)15)8-2-1-3-10(14)12(8)16/h1-6H,16H2. The van der Waals surface area contributed by atoms with Gasteiger partial charge in [-0.1, -0.05) is 53.0 Å². The van der Waals surface area contributed by atoms with E-state index in [0.717, 1.165) is 11.1 Å². The lowest BCUT2D eigenvalue weighted by Gasteiger charge is -2.08. The molecule has 0 atom stereocenters. The average Bonchev–Trinajstić information content (AvgIpc) is 2.26. The first-order valence-corrected chi connectivity index (χ1v) is 5.72. The molecule has 0 fully saturated rings. The van der Waals surface area contributed by atoms with Crippen molar-refractivity contribution in [3.63, 3.8) is 0 Å². The van der Waals surface area contributed by atoms with Gasteiger partial charge < -0.3 is 5.73 Å². The van der Waals surface area contributed by atoms with Gasteiger partial charge in [0.15, 0.2) is 0 Å². The van der Waals surface area contributed by atoms with E-state index >= 15 is 0 Å². The number of nitrogens with two attached hydrogens (primary N) is 1. The van der Waals surface area contributed by atoms with Crippen molar-refractivity contribution >= 4 is 40.5 Å². The van der Waals surface area contributed by atoms with Gasteiger partial charge in [-0.2, -0.15) is 0 Å². The Morgan fingerprint density at radius 1 is 0.812 bits per heavy atom. The summed E-state index contributed by atoms with van der Waals surface area (Å²) < 4.78 is 0. The molecule has 0 aliphatic rings. The van der Waals surface area contributed by atoms with E-state index in [4.69, 9.17) is 40.5 Å². The van der Waals surface area contributed by atoms with Gasteiger partial charge >= 0.3 is 0 Å². The minimum Gasteiger partial charge on any atom is -0.397 e. The Morgan fingerprint density at radius 3 is 2.25 bits per heavy atom. The monoisotopic (exact) mass is 271 g/mol. The van der Waals surface area contributed by atoms with Crippen LogP contribution in [-0.4, -0.2) is 0 Å². The van der Waals surface area contributed by atoms with Crippen molar-refractivity contribution in [1.29, 1.82) is 0 Å². The molecule has 0 aliphatic heterocycles. The topological polar surface area (TPSA) is 26.0 Å². The third-order valence-corrected chi connectivity index (χ3v) is 3.35. The highest BCUT2D eigenvalue weighted by atomic mass is 35.5. The van der Waals surface area contributed by atoms with Crippen LogP contribution in [0.15, 0.2) is 36.4 Å². The van der Waals surface area contributed by atoms with E-state index in [2.05, 4.69) is 0 Å². The summed E-state index contributed by atoms with van der Waals surface area (Å²) in [7, 11) is 0. The molecule has 0 saturated heterocycles. The quantitative estimate of drug-likeness (QED) is 0.734. The van der Waals surface area contributed by atoms with Gasteiger partial charge in [-0.05, 0) is 23.8 Å². The molecule has 16 heavy (non-hydrogen) atoms. The summed E-state index contributed by atoms with van der Waals surface area (Å²) in [5.41, 5.74) is 8.19. The molecule has 82 valence electrons. The van der Waals surface area contributed by atoms with Gasteiger partial charge in [-0.3, -0.25) is 0 Å². The van der Waals surface area contributed by atoms with Crippen LogP contribution in [-0.2, 0) is 0 Å². The molecule has 2 aromatic rings. The van der Waals surface area contributed by atoms with Crippen LogP contribution in [0.1, 0.15) is 0 Å². The van der Waals surface area contributed by atoms with Gasteiger partial charge in [-0.15, -0.1) is 0 Å². The van der Waals surface area contributed by atoms with Crippen molar-refractivity contribution in [1.82, 2.24) is 0 Å². The number of benzene rings is 2. The number of hydrogen-bond acceptors (Lipinski definition) is 1. The Balaban J connectivity index is 2.59. The van der Waals surface area contributed by atoms with Crippen LogP contribution in [0.2, 0.25) is 15.1 Å². The first kappa shape index (κ1) is 11.6. The maximum Gasteiger partial charge on any atom is 0.0641 e. The summed E-state index contributed by atoms with van der Waals surface area (Å²) in [5, 5.41) is 1.55. The zero-order valence-electron chi connectivity index (χ0n) is 8.18. The SMILES string of the molecule is Nc1c(Cl)cccc1-c1ccc(Cl)c(Cl)c1. The molecule has 0 amide bonds. The maximum absolute atomic E-state index is 5.95. The van der Waals surface area contributed by atoms with Crippen LogP contribution in [0.25, 0.3) is 11.1 Å². The molecule has 4 heteroatoms. The Hall–Kier alpha value is -0.890. The molecule has 2 rings (SSSR count). The number of anilines is 1. The van der Waals surface area contributed by atoms with Gasteiger partial charge in [0.25, 0.3) is 0 Å². The van der Waals surface area contributed by atoms with E-state index in [1.165, 1.54) is 0 Å². The van der Waals surface area contributed by atoms with Crippen LogP contribution < -0.4 is 5.73 Å². The third kappa shape index (κ3) is 2.12. The number of halogens is 3. The zero-order valence-corrected chi connectivity index (χ0v) is 10.4. The number of rotatable bonds is 1. The predicted octanol–water partition coefficient (Wildman–Crippen LogP) is 4.90. The smallest absolute Gasteiger partial charge is 0.0641 e. The van der Waals surface area contributed by atoms with E-state index in [0.29, 0.717) is 20.8 Å². The average molecular weight is 273 g/mol. The molecule has 0 aliphatic carbocycles. The van der Waals surface area contributed by atoms with Crippen LogP contribution in [0.4, 0.5) is 5.69 Å².